The van der Waals surface area contributed by atoms with Crippen molar-refractivity contribution in [3.63, 3.8) is 0 Å². The Balaban J connectivity index is 1.46. The second-order valence-electron chi connectivity index (χ2n) is 8.60. The van der Waals surface area contributed by atoms with E-state index in [0.29, 0.717) is 6.04 Å². The molecule has 4 aliphatic rings. The molecule has 4 saturated carbocycles. The lowest BCUT2D eigenvalue weighted by molar-refractivity contribution is -0.0142. The molecule has 0 atom stereocenters. The van der Waals surface area contributed by atoms with Gasteiger partial charge in [0.15, 0.2) is 11.5 Å². The molecule has 5 rings (SSSR count). The number of rotatable bonds is 6. The summed E-state index contributed by atoms with van der Waals surface area (Å²) in [6.45, 7) is 4.83. The van der Waals surface area contributed by atoms with Gasteiger partial charge in [0.25, 0.3) is 0 Å². The fourth-order valence-corrected chi connectivity index (χ4v) is 5.93. The highest BCUT2D eigenvalue weighted by Crippen LogP contribution is 2.53. The molecule has 0 heterocycles. The average molecular weight is 364 g/mol. The molecule has 0 radical (unpaired) electrons. The lowest BCUT2D eigenvalue weighted by Crippen LogP contribution is -2.54. The first-order valence-corrected chi connectivity index (χ1v) is 10.2. The Labute approximate surface area is 156 Å². The summed E-state index contributed by atoms with van der Waals surface area (Å²) in [4.78, 5) is 0. The second kappa shape index (κ2) is 7.00. The molecule has 4 heteroatoms. The highest BCUT2D eigenvalue weighted by atomic mass is 35.5. The van der Waals surface area contributed by atoms with Gasteiger partial charge in [0.1, 0.15) is 0 Å². The summed E-state index contributed by atoms with van der Waals surface area (Å²) < 4.78 is 11.3. The van der Waals surface area contributed by atoms with Gasteiger partial charge in [-0.2, -0.15) is 0 Å². The Kier molecular flexibility index (Phi) is 4.89. The van der Waals surface area contributed by atoms with Gasteiger partial charge < -0.3 is 14.8 Å². The lowest BCUT2D eigenvalue weighted by atomic mass is 9.54. The second-order valence-corrected chi connectivity index (χ2v) is 9.01. The van der Waals surface area contributed by atoms with Crippen molar-refractivity contribution in [1.29, 1.82) is 0 Å². The van der Waals surface area contributed by atoms with Crippen molar-refractivity contribution in [3.05, 3.63) is 22.7 Å². The molecule has 0 aromatic heterocycles. The van der Waals surface area contributed by atoms with E-state index in [-0.39, 0.29) is 6.10 Å². The van der Waals surface area contributed by atoms with Gasteiger partial charge in [-0.05, 0) is 81.3 Å². The fraction of sp³-hybridized carbons (Fsp3) is 0.714. The summed E-state index contributed by atoms with van der Waals surface area (Å²) in [5.41, 5.74) is 1.10. The molecule has 0 unspecified atom stereocenters. The van der Waals surface area contributed by atoms with E-state index in [2.05, 4.69) is 5.32 Å². The van der Waals surface area contributed by atoms with Crippen molar-refractivity contribution in [3.8, 4) is 11.5 Å². The number of halogens is 1. The van der Waals surface area contributed by atoms with Gasteiger partial charge in [-0.25, -0.2) is 0 Å². The quantitative estimate of drug-likeness (QED) is 0.767. The van der Waals surface area contributed by atoms with Gasteiger partial charge >= 0.3 is 0 Å². The number of nitrogens with one attached hydrogen (secondary N) is 1. The van der Waals surface area contributed by atoms with E-state index in [1.165, 1.54) is 32.1 Å². The zero-order valence-corrected chi connectivity index (χ0v) is 16.3. The SMILES string of the molecule is COc1cc(CNC2C3CC4CC(C3)CC2C4)c(Cl)cc1OC(C)C. The third kappa shape index (κ3) is 3.50. The van der Waals surface area contributed by atoms with Crippen molar-refractivity contribution >= 4 is 11.6 Å². The van der Waals surface area contributed by atoms with Crippen LogP contribution in [0.3, 0.4) is 0 Å². The Hall–Kier alpha value is -0.930. The monoisotopic (exact) mass is 363 g/mol. The standard InChI is InChI=1S/C21H30ClNO2/c1-12(2)25-20-10-18(22)17(9-19(20)24-3)11-23-21-15-5-13-4-14(7-15)8-16(21)6-13/h9-10,12-16,21,23H,4-8,11H2,1-3H3. The minimum Gasteiger partial charge on any atom is -0.493 e. The van der Waals surface area contributed by atoms with E-state index in [1.54, 1.807) is 7.11 Å². The van der Waals surface area contributed by atoms with E-state index >= 15 is 0 Å². The Morgan fingerprint density at radius 2 is 1.68 bits per heavy atom. The van der Waals surface area contributed by atoms with E-state index in [0.717, 1.165) is 52.3 Å². The van der Waals surface area contributed by atoms with Gasteiger partial charge in [-0.3, -0.25) is 0 Å². The number of hydrogen-bond acceptors (Lipinski definition) is 3. The molecule has 4 fully saturated rings. The Bertz CT molecular complexity index is 603. The first kappa shape index (κ1) is 17.5. The van der Waals surface area contributed by atoms with Crippen LogP contribution in [0.15, 0.2) is 12.1 Å². The van der Waals surface area contributed by atoms with Gasteiger partial charge in [-0.1, -0.05) is 11.6 Å². The van der Waals surface area contributed by atoms with E-state index in [4.69, 9.17) is 21.1 Å². The van der Waals surface area contributed by atoms with Crippen molar-refractivity contribution < 1.29 is 9.47 Å². The maximum Gasteiger partial charge on any atom is 0.163 e. The van der Waals surface area contributed by atoms with Crippen molar-refractivity contribution in [2.75, 3.05) is 7.11 Å². The largest absolute Gasteiger partial charge is 0.493 e. The molecule has 4 bridgehead atoms. The predicted octanol–water partition coefficient (Wildman–Crippen LogP) is 5.05. The van der Waals surface area contributed by atoms with Crippen LogP contribution in [0, 0.1) is 23.7 Å². The predicted molar refractivity (Wildman–Crippen MR) is 101 cm³/mol. The number of benzene rings is 1. The zero-order chi connectivity index (χ0) is 17.6. The maximum absolute atomic E-state index is 6.53. The number of hydrogen-bond donors (Lipinski definition) is 1. The average Bonchev–Trinajstić information content (AvgIpc) is 2.54. The van der Waals surface area contributed by atoms with E-state index < -0.39 is 0 Å². The Morgan fingerprint density at radius 3 is 2.24 bits per heavy atom. The molecule has 4 aliphatic carbocycles. The molecule has 25 heavy (non-hydrogen) atoms. The molecular weight excluding hydrogens is 334 g/mol. The summed E-state index contributed by atoms with van der Waals surface area (Å²) in [6.07, 6.45) is 7.33. The van der Waals surface area contributed by atoms with E-state index in [9.17, 15) is 0 Å². The number of ether oxygens (including phenoxy) is 2. The van der Waals surface area contributed by atoms with Gasteiger partial charge in [0.2, 0.25) is 0 Å². The molecule has 0 aliphatic heterocycles. The molecule has 0 saturated heterocycles. The van der Waals surface area contributed by atoms with Gasteiger partial charge in [-0.15, -0.1) is 0 Å². The summed E-state index contributed by atoms with van der Waals surface area (Å²) in [5.74, 6) is 5.26. The minimum atomic E-state index is 0.0991. The summed E-state index contributed by atoms with van der Waals surface area (Å²) in [6, 6.07) is 4.60. The van der Waals surface area contributed by atoms with Crippen LogP contribution in [-0.2, 0) is 6.54 Å². The van der Waals surface area contributed by atoms with Crippen LogP contribution in [-0.4, -0.2) is 19.3 Å². The van der Waals surface area contributed by atoms with Crippen LogP contribution in [0.1, 0.15) is 51.5 Å². The molecule has 1 aromatic rings. The van der Waals surface area contributed by atoms with E-state index in [1.807, 2.05) is 26.0 Å². The Morgan fingerprint density at radius 1 is 1.04 bits per heavy atom. The van der Waals surface area contributed by atoms with Gasteiger partial charge in [0, 0.05) is 23.7 Å². The first-order chi connectivity index (χ1) is 12.0. The summed E-state index contributed by atoms with van der Waals surface area (Å²) in [7, 11) is 1.69. The normalized spacial score (nSPS) is 33.1. The maximum atomic E-state index is 6.53. The van der Waals surface area contributed by atoms with Crippen LogP contribution in [0.2, 0.25) is 5.02 Å². The van der Waals surface area contributed by atoms with Crippen LogP contribution in [0.4, 0.5) is 0 Å². The molecule has 3 nitrogen and oxygen atoms in total. The van der Waals surface area contributed by atoms with Crippen LogP contribution in [0.25, 0.3) is 0 Å². The van der Waals surface area contributed by atoms with Crippen molar-refractivity contribution in [2.24, 2.45) is 23.7 Å². The van der Waals surface area contributed by atoms with Crippen molar-refractivity contribution in [2.45, 2.75) is 64.6 Å². The molecule has 1 N–H and O–H groups in total. The lowest BCUT2D eigenvalue weighted by Gasteiger charge is -2.54. The van der Waals surface area contributed by atoms with Gasteiger partial charge in [0.05, 0.1) is 13.2 Å². The van der Waals surface area contributed by atoms with Crippen molar-refractivity contribution in [1.82, 2.24) is 5.32 Å². The first-order valence-electron chi connectivity index (χ1n) is 9.80. The molecule has 1 aromatic carbocycles. The fourth-order valence-electron chi connectivity index (χ4n) is 5.70. The summed E-state index contributed by atoms with van der Waals surface area (Å²) in [5, 5.41) is 4.61. The molecule has 0 amide bonds. The third-order valence-corrected chi connectivity index (χ3v) is 6.80. The highest BCUT2D eigenvalue weighted by Gasteiger charge is 2.47. The van der Waals surface area contributed by atoms with Crippen LogP contribution >= 0.6 is 11.6 Å². The van der Waals surface area contributed by atoms with Crippen LogP contribution in [0.5, 0.6) is 11.5 Å². The topological polar surface area (TPSA) is 30.5 Å². The highest BCUT2D eigenvalue weighted by molar-refractivity contribution is 6.31. The molecule has 0 spiro atoms. The van der Waals surface area contributed by atoms with Crippen LogP contribution < -0.4 is 14.8 Å². The molecule has 138 valence electrons. The smallest absolute Gasteiger partial charge is 0.163 e. The number of methoxy groups -OCH3 is 1. The third-order valence-electron chi connectivity index (χ3n) is 6.45. The minimum absolute atomic E-state index is 0.0991. The summed E-state index contributed by atoms with van der Waals surface area (Å²) >= 11 is 6.53. The molecular formula is C21H30ClNO2. The zero-order valence-electron chi connectivity index (χ0n) is 15.6.